The lowest BCUT2D eigenvalue weighted by Gasteiger charge is -2.24. The predicted molar refractivity (Wildman–Crippen MR) is 62.3 cm³/mol. The molecule has 1 N–H and O–H groups in total. The van der Waals surface area contributed by atoms with Crippen LogP contribution in [0.2, 0.25) is 0 Å². The molecule has 3 nitrogen and oxygen atoms in total. The van der Waals surface area contributed by atoms with Gasteiger partial charge in [0.25, 0.3) is 0 Å². The van der Waals surface area contributed by atoms with Crippen molar-refractivity contribution in [2.45, 2.75) is 6.10 Å². The summed E-state index contributed by atoms with van der Waals surface area (Å²) in [4.78, 5) is 1.76. The molecule has 0 amide bonds. The summed E-state index contributed by atoms with van der Waals surface area (Å²) in [6, 6.07) is 5.28. The summed E-state index contributed by atoms with van der Waals surface area (Å²) in [7, 11) is 3.66. The second-order valence-electron chi connectivity index (χ2n) is 4.17. The number of ether oxygens (including phenoxy) is 1. The molecule has 0 bridgehead atoms. The maximum atomic E-state index is 13.7. The molecule has 1 heterocycles. The molecule has 4 heteroatoms. The van der Waals surface area contributed by atoms with Crippen LogP contribution in [0.1, 0.15) is 11.7 Å². The van der Waals surface area contributed by atoms with Crippen molar-refractivity contribution in [2.24, 2.45) is 0 Å². The molecule has 1 atom stereocenters. The first-order valence-electron chi connectivity index (χ1n) is 5.47. The molecule has 0 radical (unpaired) electrons. The highest BCUT2D eigenvalue weighted by Gasteiger charge is 2.17. The lowest BCUT2D eigenvalue weighted by molar-refractivity contribution is 0.0275. The van der Waals surface area contributed by atoms with Gasteiger partial charge in [-0.05, 0) is 17.7 Å². The Labute approximate surface area is 95.2 Å². The molecule has 2 rings (SSSR count). The zero-order valence-electron chi connectivity index (χ0n) is 9.66. The summed E-state index contributed by atoms with van der Waals surface area (Å²) < 4.78 is 19.3. The zero-order valence-corrected chi connectivity index (χ0v) is 9.66. The van der Waals surface area contributed by atoms with E-state index in [1.54, 1.807) is 17.0 Å². The molecular formula is C12H17FN2O. The van der Waals surface area contributed by atoms with Gasteiger partial charge in [0.2, 0.25) is 0 Å². The van der Waals surface area contributed by atoms with E-state index in [1.807, 2.05) is 20.2 Å². The first-order valence-corrected chi connectivity index (χ1v) is 5.47. The second kappa shape index (κ2) is 4.80. The topological polar surface area (TPSA) is 24.5 Å². The van der Waals surface area contributed by atoms with Crippen molar-refractivity contribution in [3.05, 3.63) is 29.6 Å². The maximum absolute atomic E-state index is 13.7. The van der Waals surface area contributed by atoms with Crippen LogP contribution in [0.3, 0.4) is 0 Å². The number of hydrogen-bond donors (Lipinski definition) is 1. The van der Waals surface area contributed by atoms with E-state index in [0.717, 1.165) is 18.7 Å². The van der Waals surface area contributed by atoms with Gasteiger partial charge in [-0.15, -0.1) is 0 Å². The van der Waals surface area contributed by atoms with Gasteiger partial charge in [0, 0.05) is 27.2 Å². The van der Waals surface area contributed by atoms with Crippen LogP contribution in [0.4, 0.5) is 10.1 Å². The van der Waals surface area contributed by atoms with Gasteiger partial charge in [-0.1, -0.05) is 6.07 Å². The van der Waals surface area contributed by atoms with Crippen molar-refractivity contribution in [3.63, 3.8) is 0 Å². The van der Waals surface area contributed by atoms with Gasteiger partial charge in [0.05, 0.1) is 18.4 Å². The monoisotopic (exact) mass is 224 g/mol. The molecule has 1 unspecified atom stereocenters. The molecule has 1 saturated heterocycles. The Balaban J connectivity index is 2.19. The molecular weight excluding hydrogens is 207 g/mol. The summed E-state index contributed by atoms with van der Waals surface area (Å²) in [5.74, 6) is -0.198. The quantitative estimate of drug-likeness (QED) is 0.825. The summed E-state index contributed by atoms with van der Waals surface area (Å²) in [6.45, 7) is 2.30. The first-order chi connectivity index (χ1) is 7.68. The van der Waals surface area contributed by atoms with Crippen LogP contribution in [-0.4, -0.2) is 33.8 Å². The van der Waals surface area contributed by atoms with Crippen LogP contribution < -0.4 is 10.2 Å². The van der Waals surface area contributed by atoms with E-state index in [4.69, 9.17) is 4.74 Å². The number of benzene rings is 1. The molecule has 1 aliphatic heterocycles. The lowest BCUT2D eigenvalue weighted by atomic mass is 10.1. The fraction of sp³-hybridized carbons (Fsp3) is 0.500. The van der Waals surface area contributed by atoms with Crippen LogP contribution in [-0.2, 0) is 4.74 Å². The van der Waals surface area contributed by atoms with Crippen molar-refractivity contribution >= 4 is 5.69 Å². The smallest absolute Gasteiger partial charge is 0.146 e. The Kier molecular flexibility index (Phi) is 3.41. The summed E-state index contributed by atoms with van der Waals surface area (Å²) >= 11 is 0. The third-order valence-corrected chi connectivity index (χ3v) is 2.75. The van der Waals surface area contributed by atoms with E-state index in [2.05, 4.69) is 5.32 Å². The fourth-order valence-electron chi connectivity index (χ4n) is 1.87. The lowest BCUT2D eigenvalue weighted by Crippen LogP contribution is -2.33. The van der Waals surface area contributed by atoms with Crippen molar-refractivity contribution in [2.75, 3.05) is 38.7 Å². The number of nitrogens with one attached hydrogen (secondary N) is 1. The van der Waals surface area contributed by atoms with Gasteiger partial charge in [0.1, 0.15) is 5.82 Å². The SMILES string of the molecule is CN(C)c1ccc(C2CNCCO2)cc1F. The minimum atomic E-state index is -0.198. The third-order valence-electron chi connectivity index (χ3n) is 2.75. The Morgan fingerprint density at radius 1 is 1.44 bits per heavy atom. The predicted octanol–water partition coefficient (Wildman–Crippen LogP) is 1.55. The standard InChI is InChI=1S/C12H17FN2O/c1-15(2)11-4-3-9(7-10(11)13)12-8-14-5-6-16-12/h3-4,7,12,14H,5-6,8H2,1-2H3. The Hall–Kier alpha value is -1.13. The average molecular weight is 224 g/mol. The van der Waals surface area contributed by atoms with Crippen LogP contribution in [0, 0.1) is 5.82 Å². The van der Waals surface area contributed by atoms with E-state index >= 15 is 0 Å². The number of nitrogens with zero attached hydrogens (tertiary/aromatic N) is 1. The molecule has 16 heavy (non-hydrogen) atoms. The number of anilines is 1. The van der Waals surface area contributed by atoms with E-state index in [9.17, 15) is 4.39 Å². The Morgan fingerprint density at radius 3 is 2.81 bits per heavy atom. The summed E-state index contributed by atoms with van der Waals surface area (Å²) in [5, 5.41) is 3.23. The van der Waals surface area contributed by atoms with E-state index in [1.165, 1.54) is 0 Å². The molecule has 0 spiro atoms. The number of morpholine rings is 1. The van der Waals surface area contributed by atoms with Crippen molar-refractivity contribution in [1.82, 2.24) is 5.32 Å². The van der Waals surface area contributed by atoms with Gasteiger partial charge in [-0.3, -0.25) is 0 Å². The first kappa shape index (κ1) is 11.4. The normalized spacial score (nSPS) is 20.8. The Morgan fingerprint density at radius 2 is 2.25 bits per heavy atom. The number of halogens is 1. The van der Waals surface area contributed by atoms with Gasteiger partial charge < -0.3 is 15.0 Å². The van der Waals surface area contributed by atoms with Crippen molar-refractivity contribution < 1.29 is 9.13 Å². The van der Waals surface area contributed by atoms with Crippen LogP contribution in [0.5, 0.6) is 0 Å². The highest BCUT2D eigenvalue weighted by molar-refractivity contribution is 5.48. The number of hydrogen-bond acceptors (Lipinski definition) is 3. The molecule has 1 fully saturated rings. The van der Waals surface area contributed by atoms with E-state index in [-0.39, 0.29) is 11.9 Å². The maximum Gasteiger partial charge on any atom is 0.146 e. The molecule has 1 aliphatic rings. The highest BCUT2D eigenvalue weighted by Crippen LogP contribution is 2.24. The average Bonchev–Trinajstić information content (AvgIpc) is 2.29. The third kappa shape index (κ3) is 2.33. The minimum Gasteiger partial charge on any atom is -0.375 e. The molecule has 0 saturated carbocycles. The molecule has 0 aliphatic carbocycles. The van der Waals surface area contributed by atoms with Gasteiger partial charge in [-0.25, -0.2) is 4.39 Å². The van der Waals surface area contributed by atoms with Gasteiger partial charge in [-0.2, -0.15) is 0 Å². The van der Waals surface area contributed by atoms with E-state index in [0.29, 0.717) is 12.3 Å². The van der Waals surface area contributed by atoms with Gasteiger partial charge >= 0.3 is 0 Å². The van der Waals surface area contributed by atoms with Crippen LogP contribution in [0.25, 0.3) is 0 Å². The minimum absolute atomic E-state index is 0.0283. The molecule has 1 aromatic carbocycles. The van der Waals surface area contributed by atoms with Crippen LogP contribution in [0.15, 0.2) is 18.2 Å². The molecule has 1 aromatic rings. The largest absolute Gasteiger partial charge is 0.375 e. The van der Waals surface area contributed by atoms with E-state index < -0.39 is 0 Å². The molecule has 0 aromatic heterocycles. The van der Waals surface area contributed by atoms with Gasteiger partial charge in [0.15, 0.2) is 0 Å². The van der Waals surface area contributed by atoms with Crippen molar-refractivity contribution in [3.8, 4) is 0 Å². The summed E-state index contributed by atoms with van der Waals surface area (Å²) in [6.07, 6.45) is -0.0283. The fourth-order valence-corrected chi connectivity index (χ4v) is 1.87. The highest BCUT2D eigenvalue weighted by atomic mass is 19.1. The number of rotatable bonds is 2. The molecule has 88 valence electrons. The second-order valence-corrected chi connectivity index (χ2v) is 4.17. The van der Waals surface area contributed by atoms with Crippen LogP contribution >= 0.6 is 0 Å². The summed E-state index contributed by atoms with van der Waals surface area (Å²) in [5.41, 5.74) is 1.50. The zero-order chi connectivity index (χ0) is 11.5. The Bertz CT molecular complexity index is 362. The van der Waals surface area contributed by atoms with Crippen molar-refractivity contribution in [1.29, 1.82) is 0 Å².